The molecule has 322 valence electrons. The van der Waals surface area contributed by atoms with Crippen LogP contribution in [0, 0.1) is 0 Å². The van der Waals surface area contributed by atoms with Gasteiger partial charge in [-0.3, -0.25) is 4.79 Å². The van der Waals surface area contributed by atoms with Crippen LogP contribution in [0.1, 0.15) is 18.2 Å². The summed E-state index contributed by atoms with van der Waals surface area (Å²) in [4.78, 5) is 32.6. The van der Waals surface area contributed by atoms with Gasteiger partial charge in [0, 0.05) is 50.4 Å². The molecule has 0 spiro atoms. The van der Waals surface area contributed by atoms with Gasteiger partial charge >= 0.3 is 0 Å². The minimum Gasteiger partial charge on any atom is -0.310 e. The molecule has 68 heavy (non-hydrogen) atoms. The number of rotatable bonds is 9. The lowest BCUT2D eigenvalue weighted by Crippen LogP contribution is -2.47. The third kappa shape index (κ3) is 7.64. The quantitative estimate of drug-likeness (QED) is 0.145. The Labute approximate surface area is 393 Å². The van der Waals surface area contributed by atoms with E-state index in [0.717, 1.165) is 67.0 Å². The lowest BCUT2D eigenvalue weighted by Gasteiger charge is -2.27. The standard InChI is InChI=1S/C62H43N5O/c68-59-55-40-50(62-64-60(46-18-7-2-8-19-46)63-61(65-62)47-20-9-3-10-21-47)31-37-57(55)67(51-23-11-4-12-24-51)58-38-36-54(41-56(58)59)66(52-32-27-44(28-33-52)42-15-5-1-6-16-42)53-34-29-45(30-35-53)49-26-25-43-17-13-14-22-48(43)39-49/h1-30,32-41,50H,31H2. The van der Waals surface area contributed by atoms with Crippen molar-refractivity contribution >= 4 is 50.9 Å². The maximum Gasteiger partial charge on any atom is 0.197 e. The summed E-state index contributed by atoms with van der Waals surface area (Å²) in [6.45, 7) is 0. The van der Waals surface area contributed by atoms with Crippen LogP contribution in [0.2, 0.25) is 0 Å². The maximum absolute atomic E-state index is 15.3. The van der Waals surface area contributed by atoms with Gasteiger partial charge in [0.25, 0.3) is 0 Å². The van der Waals surface area contributed by atoms with Crippen molar-refractivity contribution < 1.29 is 0 Å². The minimum atomic E-state index is -0.270. The molecule has 0 saturated heterocycles. The first-order valence-electron chi connectivity index (χ1n) is 23.0. The van der Waals surface area contributed by atoms with Gasteiger partial charge in [-0.15, -0.1) is 0 Å². The number of nitrogens with zero attached hydrogens (tertiary/aromatic N) is 5. The molecule has 0 aliphatic heterocycles. The Morgan fingerprint density at radius 1 is 0.441 bits per heavy atom. The zero-order valence-corrected chi connectivity index (χ0v) is 37.0. The Morgan fingerprint density at radius 3 is 1.56 bits per heavy atom. The molecule has 6 heteroatoms. The zero-order valence-electron chi connectivity index (χ0n) is 37.0. The van der Waals surface area contributed by atoms with Crippen molar-refractivity contribution in [3.8, 4) is 50.7 Å². The Kier molecular flexibility index (Phi) is 10.4. The number of fused-ring (bicyclic) bond motifs is 3. The van der Waals surface area contributed by atoms with E-state index < -0.39 is 0 Å². The van der Waals surface area contributed by atoms with Gasteiger partial charge in [0.2, 0.25) is 0 Å². The number of hydrogen-bond donors (Lipinski definition) is 0. The van der Waals surface area contributed by atoms with E-state index in [0.29, 0.717) is 34.5 Å². The topological polar surface area (TPSA) is 63.9 Å². The highest BCUT2D eigenvalue weighted by Crippen LogP contribution is 2.38. The fourth-order valence-corrected chi connectivity index (χ4v) is 9.50. The molecular weight excluding hydrogens is 831 g/mol. The van der Waals surface area contributed by atoms with Gasteiger partial charge in [-0.25, -0.2) is 15.0 Å². The van der Waals surface area contributed by atoms with Gasteiger partial charge in [0.15, 0.2) is 17.1 Å². The van der Waals surface area contributed by atoms with Crippen molar-refractivity contribution in [2.75, 3.05) is 4.90 Å². The molecule has 0 N–H and O–H groups in total. The molecule has 0 saturated carbocycles. The molecule has 2 aromatic heterocycles. The van der Waals surface area contributed by atoms with Crippen LogP contribution in [-0.2, 0) is 0 Å². The number of anilines is 3. The zero-order chi connectivity index (χ0) is 45.4. The smallest absolute Gasteiger partial charge is 0.197 e. The monoisotopic (exact) mass is 873 g/mol. The molecule has 1 aliphatic rings. The van der Waals surface area contributed by atoms with Gasteiger partial charge in [0.1, 0.15) is 5.82 Å². The van der Waals surface area contributed by atoms with Crippen LogP contribution in [0.3, 0.4) is 0 Å². The molecule has 12 rings (SSSR count). The second-order valence-electron chi connectivity index (χ2n) is 17.1. The lowest BCUT2D eigenvalue weighted by molar-refractivity contribution is 0.801. The Hall–Kier alpha value is -9.00. The fraction of sp³-hybridized carbons (Fsp3) is 0.0323. The maximum atomic E-state index is 15.3. The predicted octanol–water partition coefficient (Wildman–Crippen LogP) is 13.2. The number of aromatic nitrogens is 4. The van der Waals surface area contributed by atoms with Gasteiger partial charge in [-0.1, -0.05) is 182 Å². The lowest BCUT2D eigenvalue weighted by atomic mass is 9.96. The summed E-state index contributed by atoms with van der Waals surface area (Å²) in [5, 5.41) is 4.51. The van der Waals surface area contributed by atoms with Crippen LogP contribution < -0.4 is 20.9 Å². The molecule has 0 fully saturated rings. The summed E-state index contributed by atoms with van der Waals surface area (Å²) in [5.74, 6) is 1.55. The van der Waals surface area contributed by atoms with E-state index in [1.165, 1.54) is 10.8 Å². The highest BCUT2D eigenvalue weighted by Gasteiger charge is 2.23. The number of para-hydroxylation sites is 1. The predicted molar refractivity (Wildman–Crippen MR) is 279 cm³/mol. The van der Waals surface area contributed by atoms with Crippen LogP contribution in [0.25, 0.3) is 84.5 Å². The van der Waals surface area contributed by atoms with Crippen LogP contribution in [0.15, 0.2) is 235 Å². The molecule has 11 aromatic rings. The highest BCUT2D eigenvalue weighted by atomic mass is 16.1. The number of benzene rings is 9. The molecule has 9 aromatic carbocycles. The van der Waals surface area contributed by atoms with E-state index in [4.69, 9.17) is 15.0 Å². The van der Waals surface area contributed by atoms with E-state index in [9.17, 15) is 0 Å². The van der Waals surface area contributed by atoms with E-state index in [1.807, 2.05) is 84.9 Å². The van der Waals surface area contributed by atoms with Gasteiger partial charge in [-0.2, -0.15) is 0 Å². The van der Waals surface area contributed by atoms with Crippen LogP contribution in [-0.4, -0.2) is 19.5 Å². The SMILES string of the molecule is O=c1c2c(n(-c3ccccc3)c3ccc(N(c4ccc(-c5ccccc5)cc4)c4ccc(-c5ccc6ccccc6c5)cc4)cc13)=CCC(c1nc(-c3ccccc3)nc(-c3ccccc3)n1)C=2. The fourth-order valence-electron chi connectivity index (χ4n) is 9.50. The van der Waals surface area contributed by atoms with Crippen molar-refractivity contribution in [1.82, 2.24) is 19.5 Å². The van der Waals surface area contributed by atoms with Gasteiger partial charge in [0.05, 0.1) is 10.9 Å². The highest BCUT2D eigenvalue weighted by molar-refractivity contribution is 5.90. The third-order valence-electron chi connectivity index (χ3n) is 12.9. The van der Waals surface area contributed by atoms with Crippen molar-refractivity contribution in [3.05, 3.63) is 257 Å². The van der Waals surface area contributed by atoms with Crippen LogP contribution in [0.4, 0.5) is 17.1 Å². The summed E-state index contributed by atoms with van der Waals surface area (Å²) in [7, 11) is 0. The van der Waals surface area contributed by atoms with Crippen molar-refractivity contribution in [1.29, 1.82) is 0 Å². The first kappa shape index (κ1) is 40.5. The van der Waals surface area contributed by atoms with Crippen molar-refractivity contribution in [3.63, 3.8) is 0 Å². The molecule has 1 atom stereocenters. The van der Waals surface area contributed by atoms with E-state index in [-0.39, 0.29) is 11.3 Å². The molecule has 0 bridgehead atoms. The molecule has 6 nitrogen and oxygen atoms in total. The van der Waals surface area contributed by atoms with Crippen LogP contribution in [0.5, 0.6) is 0 Å². The minimum absolute atomic E-state index is 0.0448. The Bertz CT molecular complexity index is 3760. The third-order valence-corrected chi connectivity index (χ3v) is 12.9. The Morgan fingerprint density at radius 2 is 0.941 bits per heavy atom. The van der Waals surface area contributed by atoms with E-state index in [2.05, 4.69) is 167 Å². The summed E-state index contributed by atoms with van der Waals surface area (Å²) < 4.78 is 2.22. The molecule has 0 radical (unpaired) electrons. The second-order valence-corrected chi connectivity index (χ2v) is 17.1. The van der Waals surface area contributed by atoms with E-state index >= 15 is 4.79 Å². The molecular formula is C62H43N5O. The second kappa shape index (κ2) is 17.4. The van der Waals surface area contributed by atoms with Crippen LogP contribution >= 0.6 is 0 Å². The molecule has 1 aliphatic carbocycles. The summed E-state index contributed by atoms with van der Waals surface area (Å²) in [6, 6.07) is 79.4. The largest absolute Gasteiger partial charge is 0.310 e. The van der Waals surface area contributed by atoms with E-state index in [1.54, 1.807) is 0 Å². The van der Waals surface area contributed by atoms with Crippen molar-refractivity contribution in [2.24, 2.45) is 0 Å². The first-order valence-corrected chi connectivity index (χ1v) is 23.0. The number of hydrogen-bond acceptors (Lipinski definition) is 5. The summed E-state index contributed by atoms with van der Waals surface area (Å²) >= 11 is 0. The van der Waals surface area contributed by atoms with Gasteiger partial charge < -0.3 is 9.47 Å². The first-order chi connectivity index (χ1) is 33.6. The number of pyridine rings is 1. The van der Waals surface area contributed by atoms with Crippen molar-refractivity contribution in [2.45, 2.75) is 12.3 Å². The molecule has 1 unspecified atom stereocenters. The average Bonchev–Trinajstić information content (AvgIpc) is 3.42. The normalized spacial score (nSPS) is 13.1. The summed E-state index contributed by atoms with van der Waals surface area (Å²) in [5.41, 5.74) is 10.9. The average molecular weight is 874 g/mol. The molecule has 2 heterocycles. The summed E-state index contributed by atoms with van der Waals surface area (Å²) in [6.07, 6.45) is 4.86. The molecule has 0 amide bonds. The Balaban J connectivity index is 1.02. The van der Waals surface area contributed by atoms with Gasteiger partial charge in [-0.05, 0) is 100 Å².